The molecule has 0 radical (unpaired) electrons. The molecule has 0 unspecified atom stereocenters. The van der Waals surface area contributed by atoms with Crippen LogP contribution in [0.15, 0.2) is 60.8 Å². The number of pyridine rings is 1. The molecular formula is C26H25N3O3S. The Morgan fingerprint density at radius 3 is 2.64 bits per heavy atom. The van der Waals surface area contributed by atoms with E-state index in [1.807, 2.05) is 42.5 Å². The fourth-order valence-electron chi connectivity index (χ4n) is 4.33. The van der Waals surface area contributed by atoms with Crippen LogP contribution in [0.5, 0.6) is 11.5 Å². The van der Waals surface area contributed by atoms with Crippen molar-refractivity contribution in [2.75, 3.05) is 0 Å². The zero-order chi connectivity index (χ0) is 22.8. The predicted octanol–water partition coefficient (Wildman–Crippen LogP) is 5.34. The van der Waals surface area contributed by atoms with Crippen LogP contribution in [-0.4, -0.2) is 27.1 Å². The summed E-state index contributed by atoms with van der Waals surface area (Å²) in [4.78, 5) is 20.5. The van der Waals surface area contributed by atoms with Gasteiger partial charge in [-0.15, -0.1) is 11.3 Å². The van der Waals surface area contributed by atoms with Crippen molar-refractivity contribution in [3.05, 3.63) is 71.4 Å². The number of aliphatic hydroxyl groups excluding tert-OH is 1. The van der Waals surface area contributed by atoms with Gasteiger partial charge in [0.25, 0.3) is 0 Å². The number of benzene rings is 2. The molecule has 1 aliphatic rings. The smallest absolute Gasteiger partial charge is 0.248 e. The number of ether oxygens (including phenoxy) is 1. The maximum Gasteiger partial charge on any atom is 0.248 e. The van der Waals surface area contributed by atoms with Gasteiger partial charge in [0, 0.05) is 35.9 Å². The number of primary amides is 1. The molecule has 33 heavy (non-hydrogen) atoms. The third kappa shape index (κ3) is 4.89. The molecule has 0 aliphatic heterocycles. The van der Waals surface area contributed by atoms with Gasteiger partial charge in [0.15, 0.2) is 0 Å². The lowest BCUT2D eigenvalue weighted by molar-refractivity contribution is 0.0700. The number of hydrogen-bond donors (Lipinski definition) is 2. The third-order valence-electron chi connectivity index (χ3n) is 6.14. The number of aliphatic hydroxyl groups is 1. The Morgan fingerprint density at radius 2 is 1.85 bits per heavy atom. The minimum atomic E-state index is -0.455. The van der Waals surface area contributed by atoms with Crippen LogP contribution < -0.4 is 10.5 Å². The van der Waals surface area contributed by atoms with E-state index >= 15 is 0 Å². The summed E-state index contributed by atoms with van der Waals surface area (Å²) in [6, 6.07) is 16.6. The average molecular weight is 460 g/mol. The highest BCUT2D eigenvalue weighted by molar-refractivity contribution is 7.18. The van der Waals surface area contributed by atoms with E-state index in [4.69, 9.17) is 15.5 Å². The average Bonchev–Trinajstić information content (AvgIpc) is 3.22. The van der Waals surface area contributed by atoms with Gasteiger partial charge in [-0.1, -0.05) is 25.0 Å². The van der Waals surface area contributed by atoms with Crippen LogP contribution in [0.4, 0.5) is 0 Å². The van der Waals surface area contributed by atoms with Gasteiger partial charge in [-0.05, 0) is 49.1 Å². The summed E-state index contributed by atoms with van der Waals surface area (Å²) in [5.41, 5.74) is 8.35. The Labute approximate surface area is 196 Å². The lowest BCUT2D eigenvalue weighted by atomic mass is 9.84. The second kappa shape index (κ2) is 9.29. The lowest BCUT2D eigenvalue weighted by Gasteiger charge is -2.26. The molecule has 1 saturated carbocycles. The lowest BCUT2D eigenvalue weighted by Crippen LogP contribution is -2.26. The Morgan fingerprint density at radius 1 is 1.06 bits per heavy atom. The molecule has 1 amide bonds. The zero-order valence-electron chi connectivity index (χ0n) is 18.1. The normalized spacial score (nSPS) is 18.3. The van der Waals surface area contributed by atoms with Gasteiger partial charge in [-0.25, -0.2) is 4.98 Å². The molecule has 0 spiro atoms. The predicted molar refractivity (Wildman–Crippen MR) is 130 cm³/mol. The highest BCUT2D eigenvalue weighted by Gasteiger charge is 2.24. The highest BCUT2D eigenvalue weighted by Crippen LogP contribution is 2.33. The number of thiazole rings is 1. The summed E-state index contributed by atoms with van der Waals surface area (Å²) in [7, 11) is 0. The van der Waals surface area contributed by atoms with E-state index in [0.29, 0.717) is 17.2 Å². The zero-order valence-corrected chi connectivity index (χ0v) is 18.9. The summed E-state index contributed by atoms with van der Waals surface area (Å²) in [6.45, 7) is 0. The standard InChI is InChI=1S/C26H25N3O3S/c27-26(31)17-7-5-16(6-8-17)22-14-20(11-12-28-22)32-19-9-10-21-24(15-19)33-25(29-21)13-18-3-1-2-4-23(18)30/h5-12,14-15,18,23,30H,1-4,13H2,(H2,27,31)/t18-,23+/m0/s1. The molecular weight excluding hydrogens is 434 g/mol. The van der Waals surface area contributed by atoms with Crippen LogP contribution in [0.1, 0.15) is 41.0 Å². The first-order chi connectivity index (χ1) is 16.0. The second-order valence-corrected chi connectivity index (χ2v) is 9.59. The molecule has 3 N–H and O–H groups in total. The van der Waals surface area contributed by atoms with E-state index in [-0.39, 0.29) is 6.10 Å². The fourth-order valence-corrected chi connectivity index (χ4v) is 5.42. The Balaban J connectivity index is 1.32. The van der Waals surface area contributed by atoms with E-state index in [9.17, 15) is 9.90 Å². The number of carbonyl (C=O) groups is 1. The number of nitrogens with zero attached hydrogens (tertiary/aromatic N) is 2. The first-order valence-corrected chi connectivity index (χ1v) is 12.0. The topological polar surface area (TPSA) is 98.3 Å². The Kier molecular flexibility index (Phi) is 6.07. The molecule has 168 valence electrons. The maximum atomic E-state index is 11.3. The van der Waals surface area contributed by atoms with Gasteiger partial charge < -0.3 is 15.6 Å². The van der Waals surface area contributed by atoms with Gasteiger partial charge in [0.1, 0.15) is 11.5 Å². The summed E-state index contributed by atoms with van der Waals surface area (Å²) in [6.07, 6.45) is 6.60. The number of carbonyl (C=O) groups excluding carboxylic acids is 1. The van der Waals surface area contributed by atoms with Crippen molar-refractivity contribution in [2.45, 2.75) is 38.2 Å². The number of rotatable bonds is 6. The molecule has 2 aromatic carbocycles. The van der Waals surface area contributed by atoms with Gasteiger partial charge in [-0.3, -0.25) is 9.78 Å². The van der Waals surface area contributed by atoms with Crippen molar-refractivity contribution in [1.29, 1.82) is 0 Å². The molecule has 5 rings (SSSR count). The molecule has 1 fully saturated rings. The van der Waals surface area contributed by atoms with E-state index in [1.165, 1.54) is 6.42 Å². The molecule has 2 atom stereocenters. The van der Waals surface area contributed by atoms with Crippen molar-refractivity contribution < 1.29 is 14.6 Å². The molecule has 6 nitrogen and oxygen atoms in total. The summed E-state index contributed by atoms with van der Waals surface area (Å²) >= 11 is 1.67. The minimum absolute atomic E-state index is 0.211. The summed E-state index contributed by atoms with van der Waals surface area (Å²) in [5.74, 6) is 1.26. The van der Waals surface area contributed by atoms with E-state index in [2.05, 4.69) is 4.98 Å². The molecule has 1 aliphatic carbocycles. The van der Waals surface area contributed by atoms with Crippen LogP contribution in [-0.2, 0) is 6.42 Å². The first kappa shape index (κ1) is 21.6. The number of aromatic nitrogens is 2. The SMILES string of the molecule is NC(=O)c1ccc(-c2cc(Oc3ccc4nc(C[C@@H]5CCCC[C@H]5O)sc4c3)ccn2)cc1. The van der Waals surface area contributed by atoms with Crippen LogP contribution in [0.3, 0.4) is 0 Å². The Bertz CT molecular complexity index is 1290. The first-order valence-electron chi connectivity index (χ1n) is 11.2. The Hall–Kier alpha value is -3.29. The second-order valence-electron chi connectivity index (χ2n) is 8.47. The van der Waals surface area contributed by atoms with E-state index < -0.39 is 5.91 Å². The fraction of sp³-hybridized carbons (Fsp3) is 0.269. The molecule has 4 aromatic rings. The van der Waals surface area contributed by atoms with Crippen molar-refractivity contribution in [3.63, 3.8) is 0 Å². The monoisotopic (exact) mass is 459 g/mol. The molecule has 2 heterocycles. The molecule has 7 heteroatoms. The number of hydrogen-bond acceptors (Lipinski definition) is 6. The van der Waals surface area contributed by atoms with Crippen molar-refractivity contribution in [1.82, 2.24) is 9.97 Å². The largest absolute Gasteiger partial charge is 0.457 e. The van der Waals surface area contributed by atoms with Crippen molar-refractivity contribution in [3.8, 4) is 22.8 Å². The number of fused-ring (bicyclic) bond motifs is 1. The van der Waals surface area contributed by atoms with Crippen LogP contribution in [0, 0.1) is 5.92 Å². The minimum Gasteiger partial charge on any atom is -0.457 e. The van der Waals surface area contributed by atoms with Crippen LogP contribution in [0.2, 0.25) is 0 Å². The maximum absolute atomic E-state index is 11.3. The highest BCUT2D eigenvalue weighted by atomic mass is 32.1. The van der Waals surface area contributed by atoms with Crippen LogP contribution in [0.25, 0.3) is 21.5 Å². The van der Waals surface area contributed by atoms with Crippen molar-refractivity contribution in [2.24, 2.45) is 11.7 Å². The van der Waals surface area contributed by atoms with Crippen LogP contribution >= 0.6 is 11.3 Å². The third-order valence-corrected chi connectivity index (χ3v) is 7.18. The quantitative estimate of drug-likeness (QED) is 0.405. The van der Waals surface area contributed by atoms with Gasteiger partial charge in [-0.2, -0.15) is 0 Å². The van der Waals surface area contributed by atoms with Gasteiger partial charge in [0.2, 0.25) is 5.91 Å². The summed E-state index contributed by atoms with van der Waals surface area (Å²) < 4.78 is 7.18. The number of amides is 1. The number of nitrogens with two attached hydrogens (primary N) is 1. The molecule has 0 bridgehead atoms. The molecule has 2 aromatic heterocycles. The van der Waals surface area contributed by atoms with E-state index in [1.54, 1.807) is 29.7 Å². The molecule has 0 saturated heterocycles. The summed E-state index contributed by atoms with van der Waals surface area (Å²) in [5, 5.41) is 11.4. The van der Waals surface area contributed by atoms with Gasteiger partial charge in [0.05, 0.1) is 27.0 Å². The van der Waals surface area contributed by atoms with Gasteiger partial charge >= 0.3 is 0 Å². The van der Waals surface area contributed by atoms with Crippen molar-refractivity contribution >= 4 is 27.5 Å². The van der Waals surface area contributed by atoms with E-state index in [0.717, 1.165) is 57.9 Å².